The molecule has 1 fully saturated rings. The van der Waals surface area contributed by atoms with Crippen molar-refractivity contribution in [3.8, 4) is 11.4 Å². The van der Waals surface area contributed by atoms with Gasteiger partial charge in [0.2, 0.25) is 5.82 Å². The Bertz CT molecular complexity index is 704. The van der Waals surface area contributed by atoms with Crippen molar-refractivity contribution in [2.75, 3.05) is 5.32 Å². The van der Waals surface area contributed by atoms with Gasteiger partial charge in [0.05, 0.1) is 6.04 Å². The molecule has 1 atom stereocenters. The maximum atomic E-state index is 4.03. The van der Waals surface area contributed by atoms with E-state index in [9.17, 15) is 0 Å². The number of nitrogens with zero attached hydrogens (tertiary/aromatic N) is 3. The van der Waals surface area contributed by atoms with Gasteiger partial charge in [-0.2, -0.15) is 5.21 Å². The van der Waals surface area contributed by atoms with Gasteiger partial charge in [-0.15, -0.1) is 21.5 Å². The van der Waals surface area contributed by atoms with Gasteiger partial charge in [0, 0.05) is 16.1 Å². The van der Waals surface area contributed by atoms with Crippen LogP contribution >= 0.6 is 11.3 Å². The highest BCUT2D eigenvalue weighted by Crippen LogP contribution is 2.44. The topological polar surface area (TPSA) is 66.5 Å². The fraction of sp³-hybridized carbons (Fsp3) is 0.267. The first-order valence-corrected chi connectivity index (χ1v) is 7.92. The quantitative estimate of drug-likeness (QED) is 0.756. The average Bonchev–Trinajstić information content (AvgIpc) is 3.01. The second-order valence-corrected chi connectivity index (χ2v) is 6.27. The first kappa shape index (κ1) is 12.5. The maximum absolute atomic E-state index is 4.03. The molecule has 0 aliphatic heterocycles. The molecule has 1 aliphatic rings. The van der Waals surface area contributed by atoms with Crippen LogP contribution < -0.4 is 5.32 Å². The summed E-state index contributed by atoms with van der Waals surface area (Å²) in [7, 11) is 0. The highest BCUT2D eigenvalue weighted by molar-refractivity contribution is 7.10. The summed E-state index contributed by atoms with van der Waals surface area (Å²) < 4.78 is 0. The van der Waals surface area contributed by atoms with Gasteiger partial charge in [-0.25, -0.2) is 0 Å². The van der Waals surface area contributed by atoms with E-state index in [1.165, 1.54) is 17.7 Å². The summed E-state index contributed by atoms with van der Waals surface area (Å²) in [6, 6.07) is 12.9. The van der Waals surface area contributed by atoms with Crippen LogP contribution in [0.4, 0.5) is 5.69 Å². The normalized spacial score (nSPS) is 15.8. The Morgan fingerprint density at radius 3 is 2.90 bits per heavy atom. The molecule has 6 heteroatoms. The van der Waals surface area contributed by atoms with Crippen LogP contribution in [0.15, 0.2) is 41.8 Å². The van der Waals surface area contributed by atoms with Crippen molar-refractivity contribution < 1.29 is 0 Å². The smallest absolute Gasteiger partial charge is 0.204 e. The number of H-pyrrole nitrogens is 1. The molecule has 4 rings (SSSR count). The van der Waals surface area contributed by atoms with Crippen molar-refractivity contribution in [1.29, 1.82) is 0 Å². The molecule has 21 heavy (non-hydrogen) atoms. The Balaban J connectivity index is 1.60. The molecule has 3 aromatic rings. The van der Waals surface area contributed by atoms with Crippen LogP contribution in [0.3, 0.4) is 0 Å². The number of nitrogens with one attached hydrogen (secondary N) is 2. The van der Waals surface area contributed by atoms with Crippen LogP contribution in [-0.4, -0.2) is 20.6 Å². The Kier molecular flexibility index (Phi) is 3.16. The van der Waals surface area contributed by atoms with E-state index in [-0.39, 0.29) is 0 Å². The van der Waals surface area contributed by atoms with Gasteiger partial charge in [-0.05, 0) is 47.6 Å². The zero-order chi connectivity index (χ0) is 14.1. The van der Waals surface area contributed by atoms with Gasteiger partial charge in [-0.3, -0.25) is 0 Å². The van der Waals surface area contributed by atoms with Crippen molar-refractivity contribution in [3.63, 3.8) is 0 Å². The van der Waals surface area contributed by atoms with E-state index in [1.54, 1.807) is 0 Å². The second kappa shape index (κ2) is 5.29. The molecule has 2 aromatic heterocycles. The summed E-state index contributed by atoms with van der Waals surface area (Å²) in [6.07, 6.45) is 2.61. The zero-order valence-electron chi connectivity index (χ0n) is 11.4. The Morgan fingerprint density at radius 1 is 1.24 bits per heavy atom. The molecular weight excluding hydrogens is 282 g/mol. The Hall–Kier alpha value is -2.21. The zero-order valence-corrected chi connectivity index (χ0v) is 12.2. The minimum Gasteiger partial charge on any atom is -0.377 e. The number of rotatable bonds is 5. The molecule has 2 heterocycles. The third kappa shape index (κ3) is 2.67. The van der Waals surface area contributed by atoms with Crippen LogP contribution in [-0.2, 0) is 0 Å². The highest BCUT2D eigenvalue weighted by atomic mass is 32.1. The van der Waals surface area contributed by atoms with E-state index in [2.05, 4.69) is 55.6 Å². The summed E-state index contributed by atoms with van der Waals surface area (Å²) in [5.41, 5.74) is 2.07. The number of tetrazole rings is 1. The SMILES string of the molecule is c1cc(NC(c2cccs2)C2CC2)cc(-c2nn[nH]n2)c1. The van der Waals surface area contributed by atoms with E-state index < -0.39 is 0 Å². The van der Waals surface area contributed by atoms with E-state index in [0.29, 0.717) is 11.9 Å². The molecule has 0 bridgehead atoms. The highest BCUT2D eigenvalue weighted by Gasteiger charge is 2.32. The fourth-order valence-corrected chi connectivity index (χ4v) is 3.40. The lowest BCUT2D eigenvalue weighted by Crippen LogP contribution is -2.11. The Morgan fingerprint density at radius 2 is 2.19 bits per heavy atom. The number of hydrogen-bond donors (Lipinski definition) is 2. The number of aromatic amines is 1. The van der Waals surface area contributed by atoms with Crippen molar-refractivity contribution in [2.24, 2.45) is 5.92 Å². The number of anilines is 1. The van der Waals surface area contributed by atoms with Gasteiger partial charge >= 0.3 is 0 Å². The summed E-state index contributed by atoms with van der Waals surface area (Å²) in [4.78, 5) is 1.41. The molecule has 0 radical (unpaired) electrons. The van der Waals surface area contributed by atoms with E-state index in [1.807, 2.05) is 23.5 Å². The van der Waals surface area contributed by atoms with Crippen LogP contribution in [0.1, 0.15) is 23.8 Å². The lowest BCUT2D eigenvalue weighted by Gasteiger charge is -2.18. The number of benzene rings is 1. The van der Waals surface area contributed by atoms with E-state index >= 15 is 0 Å². The Labute approximate surface area is 126 Å². The van der Waals surface area contributed by atoms with Crippen molar-refractivity contribution in [1.82, 2.24) is 20.6 Å². The van der Waals surface area contributed by atoms with E-state index in [0.717, 1.165) is 17.2 Å². The molecule has 1 saturated carbocycles. The molecule has 5 nitrogen and oxygen atoms in total. The van der Waals surface area contributed by atoms with Crippen LogP contribution in [0.2, 0.25) is 0 Å². The van der Waals surface area contributed by atoms with Crippen LogP contribution in [0, 0.1) is 5.92 Å². The molecule has 1 unspecified atom stereocenters. The van der Waals surface area contributed by atoms with E-state index in [4.69, 9.17) is 0 Å². The summed E-state index contributed by atoms with van der Waals surface area (Å²) in [6.45, 7) is 0. The van der Waals surface area contributed by atoms with Crippen LogP contribution in [0.25, 0.3) is 11.4 Å². The monoisotopic (exact) mass is 297 g/mol. The number of aromatic nitrogens is 4. The first-order valence-electron chi connectivity index (χ1n) is 7.04. The summed E-state index contributed by atoms with van der Waals surface area (Å²) in [5, 5.41) is 20.0. The standard InChI is InChI=1S/C15H15N5S/c1-3-11(15-17-19-20-18-15)9-12(4-1)16-14(10-6-7-10)13-5-2-8-21-13/h1-5,8-10,14,16H,6-7H2,(H,17,18,19,20). The lowest BCUT2D eigenvalue weighted by atomic mass is 10.1. The third-order valence-electron chi connectivity index (χ3n) is 3.73. The molecule has 1 aromatic carbocycles. The molecule has 0 spiro atoms. The third-order valence-corrected chi connectivity index (χ3v) is 4.69. The summed E-state index contributed by atoms with van der Waals surface area (Å²) >= 11 is 1.82. The molecular formula is C15H15N5S. The number of hydrogen-bond acceptors (Lipinski definition) is 5. The largest absolute Gasteiger partial charge is 0.377 e. The van der Waals surface area contributed by atoms with Crippen molar-refractivity contribution >= 4 is 17.0 Å². The van der Waals surface area contributed by atoms with Gasteiger partial charge in [0.15, 0.2) is 0 Å². The van der Waals surface area contributed by atoms with Gasteiger partial charge in [0.1, 0.15) is 0 Å². The van der Waals surface area contributed by atoms with Crippen molar-refractivity contribution in [3.05, 3.63) is 46.7 Å². The predicted octanol–water partition coefficient (Wildman–Crippen LogP) is 3.49. The molecule has 106 valence electrons. The number of thiophene rings is 1. The predicted molar refractivity (Wildman–Crippen MR) is 83.0 cm³/mol. The minimum absolute atomic E-state index is 0.408. The molecule has 0 saturated heterocycles. The van der Waals surface area contributed by atoms with Gasteiger partial charge in [-0.1, -0.05) is 18.2 Å². The van der Waals surface area contributed by atoms with Crippen molar-refractivity contribution in [2.45, 2.75) is 18.9 Å². The second-order valence-electron chi connectivity index (χ2n) is 5.29. The molecule has 1 aliphatic carbocycles. The van der Waals surface area contributed by atoms with Crippen LogP contribution in [0.5, 0.6) is 0 Å². The molecule has 2 N–H and O–H groups in total. The van der Waals surface area contributed by atoms with Gasteiger partial charge < -0.3 is 5.32 Å². The maximum Gasteiger partial charge on any atom is 0.204 e. The lowest BCUT2D eigenvalue weighted by molar-refractivity contribution is 0.691. The average molecular weight is 297 g/mol. The fourth-order valence-electron chi connectivity index (χ4n) is 2.53. The van der Waals surface area contributed by atoms with Gasteiger partial charge in [0.25, 0.3) is 0 Å². The minimum atomic E-state index is 0.408. The molecule has 0 amide bonds. The summed E-state index contributed by atoms with van der Waals surface area (Å²) in [5.74, 6) is 1.37. The first-order chi connectivity index (χ1) is 10.4.